The van der Waals surface area contributed by atoms with E-state index < -0.39 is 42.1 Å². The molecule has 2 saturated heterocycles. The fourth-order valence-electron chi connectivity index (χ4n) is 4.60. The fourth-order valence-corrected chi connectivity index (χ4v) is 4.80. The molecule has 0 aliphatic carbocycles. The number of ether oxygens (including phenoxy) is 2. The quantitative estimate of drug-likeness (QED) is 0.410. The van der Waals surface area contributed by atoms with Crippen LogP contribution in [0.15, 0.2) is 18.3 Å². The monoisotopic (exact) mass is 507 g/mol. The van der Waals surface area contributed by atoms with E-state index in [1.807, 2.05) is 13.8 Å². The second kappa shape index (κ2) is 8.61. The third kappa shape index (κ3) is 4.15. The number of aromatic nitrogens is 4. The van der Waals surface area contributed by atoms with Crippen molar-refractivity contribution in [3.05, 3.63) is 35.0 Å². The highest BCUT2D eigenvalue weighted by Gasteiger charge is 2.49. The van der Waals surface area contributed by atoms with Crippen LogP contribution in [0.3, 0.4) is 0 Å². The molecule has 2 fully saturated rings. The SMILES string of the molecule is CC(C)n1c(C(C)(C)O)nc2c(F)cc(-c3nc(NC4[C@@H](O)[C@H]5CO[C@H](O5)[C@H]4O)ncc3Cl)cc21. The summed E-state index contributed by atoms with van der Waals surface area (Å²) < 4.78 is 27.8. The Kier molecular flexibility index (Phi) is 5.98. The second-order valence-corrected chi connectivity index (χ2v) is 10.1. The average molecular weight is 508 g/mol. The van der Waals surface area contributed by atoms with Crippen molar-refractivity contribution in [3.63, 3.8) is 0 Å². The topological polar surface area (TPSA) is 135 Å². The zero-order chi connectivity index (χ0) is 25.2. The third-order valence-corrected chi connectivity index (χ3v) is 6.53. The van der Waals surface area contributed by atoms with E-state index in [-0.39, 0.29) is 34.8 Å². The third-order valence-electron chi connectivity index (χ3n) is 6.25. The van der Waals surface area contributed by atoms with Gasteiger partial charge in [-0.1, -0.05) is 11.6 Å². The molecule has 0 radical (unpaired) electrons. The van der Waals surface area contributed by atoms with Gasteiger partial charge in [-0.3, -0.25) is 0 Å². The van der Waals surface area contributed by atoms with Crippen molar-refractivity contribution < 1.29 is 29.2 Å². The zero-order valence-corrected chi connectivity index (χ0v) is 20.4. The van der Waals surface area contributed by atoms with E-state index in [1.54, 1.807) is 24.5 Å². The molecule has 12 heteroatoms. The number of fused-ring (bicyclic) bond motifs is 3. The summed E-state index contributed by atoms with van der Waals surface area (Å²) in [6.07, 6.45) is -2.28. The summed E-state index contributed by atoms with van der Waals surface area (Å²) in [4.78, 5) is 13.0. The molecule has 5 atom stereocenters. The normalized spacial score (nSPS) is 26.6. The molecule has 1 unspecified atom stereocenters. The van der Waals surface area contributed by atoms with E-state index >= 15 is 4.39 Å². The van der Waals surface area contributed by atoms with Gasteiger partial charge in [-0.25, -0.2) is 19.3 Å². The summed E-state index contributed by atoms with van der Waals surface area (Å²) in [5.41, 5.74) is -0.0338. The van der Waals surface area contributed by atoms with Crippen LogP contribution in [0.5, 0.6) is 0 Å². The van der Waals surface area contributed by atoms with Crippen LogP contribution in [0.4, 0.5) is 10.3 Å². The number of aliphatic hydroxyl groups excluding tert-OH is 2. The summed E-state index contributed by atoms with van der Waals surface area (Å²) >= 11 is 6.39. The van der Waals surface area contributed by atoms with Gasteiger partial charge in [0.05, 0.1) is 35.1 Å². The molecule has 2 aliphatic heterocycles. The highest BCUT2D eigenvalue weighted by atomic mass is 35.5. The molecule has 3 aromatic rings. The summed E-state index contributed by atoms with van der Waals surface area (Å²) in [7, 11) is 0. The lowest BCUT2D eigenvalue weighted by Crippen LogP contribution is -2.57. The molecule has 35 heavy (non-hydrogen) atoms. The minimum absolute atomic E-state index is 0.0869. The number of hydrogen-bond acceptors (Lipinski definition) is 9. The Labute approximate surface area is 205 Å². The van der Waals surface area contributed by atoms with Gasteiger partial charge in [0.15, 0.2) is 12.1 Å². The molecule has 2 aromatic heterocycles. The number of halogens is 2. The number of nitrogens with one attached hydrogen (secondary N) is 1. The largest absolute Gasteiger partial charge is 0.388 e. The van der Waals surface area contributed by atoms with Crippen LogP contribution in [0, 0.1) is 5.82 Å². The number of imidazole rings is 1. The lowest BCUT2D eigenvalue weighted by molar-refractivity contribution is -0.186. The van der Waals surface area contributed by atoms with E-state index in [0.29, 0.717) is 16.9 Å². The number of rotatable bonds is 5. The predicted octanol–water partition coefficient (Wildman–Crippen LogP) is 2.35. The molecule has 4 N–H and O–H groups in total. The number of benzene rings is 1. The maximum Gasteiger partial charge on any atom is 0.223 e. The van der Waals surface area contributed by atoms with Gasteiger partial charge in [-0.05, 0) is 39.8 Å². The highest BCUT2D eigenvalue weighted by Crippen LogP contribution is 2.35. The predicted molar refractivity (Wildman–Crippen MR) is 125 cm³/mol. The first-order valence-corrected chi connectivity index (χ1v) is 11.7. The maximum atomic E-state index is 15.2. The van der Waals surface area contributed by atoms with Crippen LogP contribution in [-0.2, 0) is 15.1 Å². The smallest absolute Gasteiger partial charge is 0.223 e. The Hall–Kier alpha value is -2.41. The molecule has 0 amide bonds. The number of anilines is 1. The maximum absolute atomic E-state index is 15.2. The van der Waals surface area contributed by atoms with E-state index in [4.69, 9.17) is 21.1 Å². The highest BCUT2D eigenvalue weighted by molar-refractivity contribution is 6.33. The summed E-state index contributed by atoms with van der Waals surface area (Å²) in [6, 6.07) is 2.04. The van der Waals surface area contributed by atoms with E-state index in [2.05, 4.69) is 20.3 Å². The van der Waals surface area contributed by atoms with Crippen molar-refractivity contribution >= 4 is 28.6 Å². The van der Waals surface area contributed by atoms with Gasteiger partial charge >= 0.3 is 0 Å². The van der Waals surface area contributed by atoms with Gasteiger partial charge in [0, 0.05) is 11.6 Å². The molecular formula is C23H27ClFN5O5. The molecule has 1 aromatic carbocycles. The standard InChI is InChI=1S/C23H27ClFN5O5/c1-9(2)30-13-6-10(5-12(25)16(13)27-21(30)23(3,4)33)15-11(24)7-26-22(28-15)29-17-18(31)14-8-34-20(35-14)19(17)32/h5-7,9,14,17-20,31-33H,8H2,1-4H3,(H,26,28,29)/t14-,17?,18+,19+,20-/m1/s1. The molecule has 5 rings (SSSR count). The Morgan fingerprint density at radius 3 is 2.66 bits per heavy atom. The van der Waals surface area contributed by atoms with Crippen LogP contribution < -0.4 is 5.32 Å². The van der Waals surface area contributed by atoms with Crippen molar-refractivity contribution in [2.24, 2.45) is 0 Å². The Bertz CT molecular complexity index is 1260. The minimum Gasteiger partial charge on any atom is -0.388 e. The summed E-state index contributed by atoms with van der Waals surface area (Å²) in [6.45, 7) is 7.20. The van der Waals surface area contributed by atoms with Gasteiger partial charge in [0.2, 0.25) is 5.95 Å². The van der Waals surface area contributed by atoms with Gasteiger partial charge in [0.1, 0.15) is 35.3 Å². The second-order valence-electron chi connectivity index (χ2n) is 9.70. The number of aliphatic hydroxyl groups is 3. The Balaban J connectivity index is 1.56. The fraction of sp³-hybridized carbons (Fsp3) is 0.522. The van der Waals surface area contributed by atoms with E-state index in [0.717, 1.165) is 0 Å². The molecule has 2 aliphatic rings. The first kappa shape index (κ1) is 24.3. The minimum atomic E-state index is -1.28. The van der Waals surface area contributed by atoms with Gasteiger partial charge in [0.25, 0.3) is 0 Å². The van der Waals surface area contributed by atoms with Crippen LogP contribution in [-0.4, -0.2) is 72.1 Å². The van der Waals surface area contributed by atoms with Crippen molar-refractivity contribution in [2.75, 3.05) is 11.9 Å². The van der Waals surface area contributed by atoms with Crippen molar-refractivity contribution in [2.45, 2.75) is 70.0 Å². The Morgan fingerprint density at radius 1 is 1.23 bits per heavy atom. The number of nitrogens with zero attached hydrogens (tertiary/aromatic N) is 4. The van der Waals surface area contributed by atoms with E-state index in [1.165, 1.54) is 12.3 Å². The van der Waals surface area contributed by atoms with Crippen molar-refractivity contribution in [3.8, 4) is 11.3 Å². The molecule has 4 heterocycles. The van der Waals surface area contributed by atoms with Crippen LogP contribution in [0.1, 0.15) is 39.6 Å². The summed E-state index contributed by atoms with van der Waals surface area (Å²) in [5.74, 6) is -0.159. The lowest BCUT2D eigenvalue weighted by atomic mass is 9.98. The van der Waals surface area contributed by atoms with Crippen LogP contribution >= 0.6 is 11.6 Å². The van der Waals surface area contributed by atoms with Gasteiger partial charge in [-0.15, -0.1) is 0 Å². The van der Waals surface area contributed by atoms with E-state index in [9.17, 15) is 15.3 Å². The molecule has 10 nitrogen and oxygen atoms in total. The van der Waals surface area contributed by atoms with Gasteiger partial charge < -0.3 is 34.7 Å². The molecule has 188 valence electrons. The first-order valence-electron chi connectivity index (χ1n) is 11.3. The number of hydrogen-bond donors (Lipinski definition) is 4. The summed E-state index contributed by atoms with van der Waals surface area (Å²) in [5, 5.41) is 34.8. The van der Waals surface area contributed by atoms with Crippen molar-refractivity contribution in [1.29, 1.82) is 0 Å². The molecular weight excluding hydrogens is 481 g/mol. The lowest BCUT2D eigenvalue weighted by Gasteiger charge is -2.36. The molecule has 0 spiro atoms. The first-order chi connectivity index (χ1) is 16.5. The van der Waals surface area contributed by atoms with Crippen LogP contribution in [0.25, 0.3) is 22.3 Å². The van der Waals surface area contributed by atoms with Gasteiger partial charge in [-0.2, -0.15) is 0 Å². The van der Waals surface area contributed by atoms with Crippen LogP contribution in [0.2, 0.25) is 5.02 Å². The zero-order valence-electron chi connectivity index (χ0n) is 19.6. The Morgan fingerprint density at radius 2 is 1.97 bits per heavy atom. The molecule has 2 bridgehead atoms. The van der Waals surface area contributed by atoms with Crippen molar-refractivity contribution in [1.82, 2.24) is 19.5 Å². The molecule has 0 saturated carbocycles. The average Bonchev–Trinajstić information content (AvgIpc) is 3.40.